The van der Waals surface area contributed by atoms with Gasteiger partial charge in [-0.25, -0.2) is 0 Å². The topological polar surface area (TPSA) is 47.9 Å². The molecule has 0 aliphatic heterocycles. The summed E-state index contributed by atoms with van der Waals surface area (Å²) in [6, 6.07) is 0. The molecule has 0 aromatic rings. The first-order valence-corrected chi connectivity index (χ1v) is 3.31. The van der Waals surface area contributed by atoms with Crippen molar-refractivity contribution in [2.75, 3.05) is 21.3 Å². The standard InChI is InChI=1S/C7H13NO3/c1-8-6(10-2)4-5-7(9)11-3/h4-5H2,1-3H3. The van der Waals surface area contributed by atoms with Crippen LogP contribution in [0.3, 0.4) is 0 Å². The SMILES string of the molecule is CN=C(CCC(=O)OC)OC. The minimum absolute atomic E-state index is 0.247. The van der Waals surface area contributed by atoms with E-state index in [0.29, 0.717) is 18.7 Å². The van der Waals surface area contributed by atoms with E-state index in [-0.39, 0.29) is 5.97 Å². The van der Waals surface area contributed by atoms with Gasteiger partial charge in [0, 0.05) is 13.5 Å². The molecule has 0 saturated carbocycles. The second-order valence-electron chi connectivity index (χ2n) is 1.90. The third-order valence-electron chi connectivity index (χ3n) is 1.26. The lowest BCUT2D eigenvalue weighted by Crippen LogP contribution is -2.07. The molecule has 11 heavy (non-hydrogen) atoms. The summed E-state index contributed by atoms with van der Waals surface area (Å²) >= 11 is 0. The fourth-order valence-electron chi connectivity index (χ4n) is 0.616. The number of nitrogens with zero attached hydrogens (tertiary/aromatic N) is 1. The van der Waals surface area contributed by atoms with Crippen molar-refractivity contribution in [1.29, 1.82) is 0 Å². The molecule has 0 heterocycles. The zero-order valence-corrected chi connectivity index (χ0v) is 7.09. The van der Waals surface area contributed by atoms with E-state index in [1.54, 1.807) is 7.05 Å². The van der Waals surface area contributed by atoms with Crippen molar-refractivity contribution < 1.29 is 14.3 Å². The molecule has 0 N–H and O–H groups in total. The molecule has 0 aliphatic carbocycles. The number of hydrogen-bond donors (Lipinski definition) is 0. The predicted molar refractivity (Wildman–Crippen MR) is 41.6 cm³/mol. The fourth-order valence-corrected chi connectivity index (χ4v) is 0.616. The van der Waals surface area contributed by atoms with Crippen molar-refractivity contribution in [3.05, 3.63) is 0 Å². The highest BCUT2D eigenvalue weighted by molar-refractivity contribution is 5.81. The zero-order chi connectivity index (χ0) is 8.69. The molecule has 0 bridgehead atoms. The van der Waals surface area contributed by atoms with Crippen LogP contribution in [0.2, 0.25) is 0 Å². The molecule has 0 spiro atoms. The van der Waals surface area contributed by atoms with Crippen LogP contribution in [0.5, 0.6) is 0 Å². The maximum Gasteiger partial charge on any atom is 0.306 e. The molecule has 0 fully saturated rings. The monoisotopic (exact) mass is 159 g/mol. The number of rotatable bonds is 3. The average Bonchev–Trinajstić information content (AvgIpc) is 2.06. The third kappa shape index (κ3) is 4.36. The van der Waals surface area contributed by atoms with E-state index in [1.807, 2.05) is 0 Å². The van der Waals surface area contributed by atoms with E-state index in [1.165, 1.54) is 14.2 Å². The number of aliphatic imine (C=N–C) groups is 1. The van der Waals surface area contributed by atoms with Gasteiger partial charge in [-0.05, 0) is 0 Å². The van der Waals surface area contributed by atoms with Gasteiger partial charge in [0.25, 0.3) is 0 Å². The van der Waals surface area contributed by atoms with Crippen LogP contribution in [0, 0.1) is 0 Å². The summed E-state index contributed by atoms with van der Waals surface area (Å²) in [7, 11) is 4.51. The summed E-state index contributed by atoms with van der Waals surface area (Å²) in [4.78, 5) is 14.4. The van der Waals surface area contributed by atoms with Crippen LogP contribution in [0.4, 0.5) is 0 Å². The molecule has 4 nitrogen and oxygen atoms in total. The highest BCUT2D eigenvalue weighted by Crippen LogP contribution is 1.95. The van der Waals surface area contributed by atoms with E-state index in [0.717, 1.165) is 0 Å². The van der Waals surface area contributed by atoms with Crippen molar-refractivity contribution in [2.24, 2.45) is 4.99 Å². The van der Waals surface area contributed by atoms with Crippen molar-refractivity contribution in [3.8, 4) is 0 Å². The maximum atomic E-state index is 10.6. The van der Waals surface area contributed by atoms with Gasteiger partial charge in [-0.15, -0.1) is 0 Å². The molecular formula is C7H13NO3. The molecule has 0 atom stereocenters. The molecule has 0 rings (SSSR count). The van der Waals surface area contributed by atoms with E-state index in [2.05, 4.69) is 9.73 Å². The Balaban J connectivity index is 3.60. The summed E-state index contributed by atoms with van der Waals surface area (Å²) in [5.74, 6) is 0.318. The molecule has 0 aromatic heterocycles. The van der Waals surface area contributed by atoms with Gasteiger partial charge in [0.1, 0.15) is 0 Å². The van der Waals surface area contributed by atoms with Crippen LogP contribution in [0.1, 0.15) is 12.8 Å². The summed E-state index contributed by atoms with van der Waals surface area (Å²) in [6.45, 7) is 0. The van der Waals surface area contributed by atoms with Crippen LogP contribution in [0.15, 0.2) is 4.99 Å². The second kappa shape index (κ2) is 5.70. The quantitative estimate of drug-likeness (QED) is 0.344. The summed E-state index contributed by atoms with van der Waals surface area (Å²) in [6.07, 6.45) is 0.816. The summed E-state index contributed by atoms with van der Waals surface area (Å²) in [5.41, 5.74) is 0. The molecule has 0 aliphatic rings. The van der Waals surface area contributed by atoms with E-state index < -0.39 is 0 Å². The fraction of sp³-hybridized carbons (Fsp3) is 0.714. The Bertz CT molecular complexity index is 154. The number of hydrogen-bond acceptors (Lipinski definition) is 4. The Morgan fingerprint density at radius 3 is 2.27 bits per heavy atom. The number of carbonyl (C=O) groups is 1. The van der Waals surface area contributed by atoms with Crippen LogP contribution in [-0.4, -0.2) is 33.1 Å². The van der Waals surface area contributed by atoms with E-state index in [9.17, 15) is 4.79 Å². The molecule has 0 aromatic carbocycles. The van der Waals surface area contributed by atoms with Crippen molar-refractivity contribution >= 4 is 11.9 Å². The highest BCUT2D eigenvalue weighted by Gasteiger charge is 2.03. The van der Waals surface area contributed by atoms with Gasteiger partial charge in [0.05, 0.1) is 20.6 Å². The smallest absolute Gasteiger partial charge is 0.306 e. The number of esters is 1. The van der Waals surface area contributed by atoms with Crippen molar-refractivity contribution in [1.82, 2.24) is 0 Å². The Hall–Kier alpha value is -1.06. The molecule has 64 valence electrons. The molecule has 0 saturated heterocycles. The van der Waals surface area contributed by atoms with Crippen molar-refractivity contribution in [2.45, 2.75) is 12.8 Å². The minimum Gasteiger partial charge on any atom is -0.484 e. The van der Waals surface area contributed by atoms with Gasteiger partial charge in [0.2, 0.25) is 0 Å². The van der Waals surface area contributed by atoms with Gasteiger partial charge in [-0.3, -0.25) is 9.79 Å². The number of methoxy groups -OCH3 is 2. The number of ether oxygens (including phenoxy) is 2. The van der Waals surface area contributed by atoms with Crippen LogP contribution in [-0.2, 0) is 14.3 Å². The van der Waals surface area contributed by atoms with Crippen LogP contribution in [0.25, 0.3) is 0 Å². The lowest BCUT2D eigenvalue weighted by atomic mass is 10.3. The van der Waals surface area contributed by atoms with Gasteiger partial charge >= 0.3 is 5.97 Å². The van der Waals surface area contributed by atoms with E-state index >= 15 is 0 Å². The molecule has 0 amide bonds. The lowest BCUT2D eigenvalue weighted by molar-refractivity contribution is -0.140. The lowest BCUT2D eigenvalue weighted by Gasteiger charge is -2.01. The molecular weight excluding hydrogens is 146 g/mol. The Labute approximate surface area is 66.2 Å². The van der Waals surface area contributed by atoms with E-state index in [4.69, 9.17) is 4.74 Å². The Kier molecular flexibility index (Phi) is 5.15. The predicted octanol–water partition coefficient (Wildman–Crippen LogP) is 0.614. The first-order chi connectivity index (χ1) is 5.24. The molecule has 4 heteroatoms. The average molecular weight is 159 g/mol. The molecule has 0 unspecified atom stereocenters. The zero-order valence-electron chi connectivity index (χ0n) is 7.09. The molecule has 0 radical (unpaired) electrons. The maximum absolute atomic E-state index is 10.6. The first-order valence-electron chi connectivity index (χ1n) is 3.31. The van der Waals surface area contributed by atoms with Crippen LogP contribution < -0.4 is 0 Å². The van der Waals surface area contributed by atoms with Gasteiger partial charge < -0.3 is 9.47 Å². The minimum atomic E-state index is -0.247. The van der Waals surface area contributed by atoms with Gasteiger partial charge in [-0.2, -0.15) is 0 Å². The largest absolute Gasteiger partial charge is 0.484 e. The van der Waals surface area contributed by atoms with Crippen LogP contribution >= 0.6 is 0 Å². The Morgan fingerprint density at radius 2 is 1.91 bits per heavy atom. The van der Waals surface area contributed by atoms with Gasteiger partial charge in [-0.1, -0.05) is 0 Å². The summed E-state index contributed by atoms with van der Waals surface area (Å²) < 4.78 is 9.28. The second-order valence-corrected chi connectivity index (χ2v) is 1.90. The van der Waals surface area contributed by atoms with Gasteiger partial charge in [0.15, 0.2) is 5.90 Å². The van der Waals surface area contributed by atoms with Crippen molar-refractivity contribution in [3.63, 3.8) is 0 Å². The normalized spacial score (nSPS) is 11.0. The Morgan fingerprint density at radius 1 is 1.27 bits per heavy atom. The third-order valence-corrected chi connectivity index (χ3v) is 1.26. The summed E-state index contributed by atoms with van der Waals surface area (Å²) in [5, 5.41) is 0. The number of carbonyl (C=O) groups excluding carboxylic acids is 1. The first kappa shape index (κ1) is 9.94. The highest BCUT2D eigenvalue weighted by atomic mass is 16.5.